The lowest BCUT2D eigenvalue weighted by Gasteiger charge is -2.35. The summed E-state index contributed by atoms with van der Waals surface area (Å²) in [6.07, 6.45) is -0.0656. The molecule has 18 heavy (non-hydrogen) atoms. The van der Waals surface area contributed by atoms with Gasteiger partial charge in [0.05, 0.1) is 26.2 Å². The molecule has 1 fully saturated rings. The highest BCUT2D eigenvalue weighted by atomic mass is 16.5. The van der Waals surface area contributed by atoms with Crippen molar-refractivity contribution >= 4 is 12.0 Å². The van der Waals surface area contributed by atoms with Crippen LogP contribution in [0.25, 0.3) is 0 Å². The molecule has 1 heterocycles. The fraction of sp³-hybridized carbons (Fsp3) is 0.833. The first-order valence-corrected chi connectivity index (χ1v) is 6.34. The highest BCUT2D eigenvalue weighted by Crippen LogP contribution is 2.11. The first kappa shape index (κ1) is 14.8. The van der Waals surface area contributed by atoms with Crippen LogP contribution in [-0.4, -0.2) is 67.8 Å². The van der Waals surface area contributed by atoms with Gasteiger partial charge in [0.25, 0.3) is 0 Å². The molecule has 6 nitrogen and oxygen atoms in total. The third-order valence-electron chi connectivity index (χ3n) is 3.07. The van der Waals surface area contributed by atoms with Crippen molar-refractivity contribution < 1.29 is 19.1 Å². The van der Waals surface area contributed by atoms with Gasteiger partial charge in [0, 0.05) is 26.2 Å². The number of carbonyl (C=O) groups excluding carboxylic acids is 2. The summed E-state index contributed by atoms with van der Waals surface area (Å²) in [5, 5.41) is 0. The van der Waals surface area contributed by atoms with Crippen LogP contribution in [0.2, 0.25) is 0 Å². The molecular weight excluding hydrogens is 236 g/mol. The maximum Gasteiger partial charge on any atom is 0.320 e. The topological polar surface area (TPSA) is 59.1 Å². The van der Waals surface area contributed by atoms with Gasteiger partial charge in [-0.05, 0) is 13.8 Å². The Hall–Kier alpha value is -1.30. The van der Waals surface area contributed by atoms with E-state index in [4.69, 9.17) is 4.74 Å². The van der Waals surface area contributed by atoms with Crippen molar-refractivity contribution in [2.24, 2.45) is 0 Å². The van der Waals surface area contributed by atoms with E-state index in [9.17, 15) is 9.59 Å². The Morgan fingerprint density at radius 2 is 2.06 bits per heavy atom. The Bertz CT molecular complexity index is 292. The van der Waals surface area contributed by atoms with E-state index < -0.39 is 0 Å². The van der Waals surface area contributed by atoms with Gasteiger partial charge < -0.3 is 19.3 Å². The van der Waals surface area contributed by atoms with E-state index in [1.807, 2.05) is 13.8 Å². The van der Waals surface area contributed by atoms with Gasteiger partial charge in [-0.1, -0.05) is 0 Å². The van der Waals surface area contributed by atoms with Crippen LogP contribution < -0.4 is 0 Å². The second-order valence-corrected chi connectivity index (χ2v) is 4.17. The zero-order valence-electron chi connectivity index (χ0n) is 11.3. The number of esters is 1. The zero-order chi connectivity index (χ0) is 13.5. The number of ether oxygens (including phenoxy) is 2. The van der Waals surface area contributed by atoms with Crippen LogP contribution in [0.1, 0.15) is 20.3 Å². The van der Waals surface area contributed by atoms with E-state index in [1.165, 1.54) is 7.11 Å². The third kappa shape index (κ3) is 3.87. The summed E-state index contributed by atoms with van der Waals surface area (Å²) in [6.45, 7) is 6.77. The van der Waals surface area contributed by atoms with Crippen LogP contribution in [0.15, 0.2) is 0 Å². The number of amides is 2. The Labute approximate surface area is 108 Å². The Kier molecular flexibility index (Phi) is 5.91. The van der Waals surface area contributed by atoms with Crippen molar-refractivity contribution in [3.8, 4) is 0 Å². The normalized spacial score (nSPS) is 19.5. The minimum atomic E-state index is -0.308. The van der Waals surface area contributed by atoms with Crippen LogP contribution in [-0.2, 0) is 14.3 Å². The van der Waals surface area contributed by atoms with Gasteiger partial charge >= 0.3 is 12.0 Å². The minimum absolute atomic E-state index is 0.0122. The molecule has 0 spiro atoms. The van der Waals surface area contributed by atoms with Gasteiger partial charge in [0.2, 0.25) is 0 Å². The van der Waals surface area contributed by atoms with E-state index in [1.54, 1.807) is 9.80 Å². The fourth-order valence-electron chi connectivity index (χ4n) is 1.98. The number of hydrogen-bond acceptors (Lipinski definition) is 4. The molecule has 1 saturated heterocycles. The molecule has 0 radical (unpaired) electrons. The quantitative estimate of drug-likeness (QED) is 0.697. The van der Waals surface area contributed by atoms with Crippen LogP contribution in [0, 0.1) is 0 Å². The number of nitrogens with zero attached hydrogens (tertiary/aromatic N) is 2. The van der Waals surface area contributed by atoms with E-state index in [-0.39, 0.29) is 24.5 Å². The van der Waals surface area contributed by atoms with Crippen molar-refractivity contribution in [1.29, 1.82) is 0 Å². The summed E-state index contributed by atoms with van der Waals surface area (Å²) in [7, 11) is 1.35. The molecule has 0 aromatic rings. The summed E-state index contributed by atoms with van der Waals surface area (Å²) in [6, 6.07) is 0.0122. The molecule has 1 unspecified atom stereocenters. The second kappa shape index (κ2) is 7.20. The minimum Gasteiger partial charge on any atom is -0.469 e. The molecular formula is C12H22N2O4. The van der Waals surface area contributed by atoms with Gasteiger partial charge in [0.15, 0.2) is 0 Å². The Morgan fingerprint density at radius 3 is 2.61 bits per heavy atom. The van der Waals surface area contributed by atoms with Gasteiger partial charge in [-0.25, -0.2) is 4.79 Å². The molecule has 0 aromatic carbocycles. The average Bonchev–Trinajstić information content (AvgIpc) is 2.40. The molecule has 2 amide bonds. The molecule has 1 rings (SSSR count). The maximum atomic E-state index is 12.1. The number of methoxy groups -OCH3 is 1. The zero-order valence-corrected chi connectivity index (χ0v) is 11.3. The number of carbonyl (C=O) groups is 2. The number of morpholine rings is 1. The monoisotopic (exact) mass is 258 g/mol. The molecule has 1 aliphatic heterocycles. The van der Waals surface area contributed by atoms with Crippen molar-refractivity contribution in [3.63, 3.8) is 0 Å². The fourth-order valence-corrected chi connectivity index (χ4v) is 1.98. The lowest BCUT2D eigenvalue weighted by Crippen LogP contribution is -2.51. The van der Waals surface area contributed by atoms with Crippen LogP contribution in [0.4, 0.5) is 4.79 Å². The molecule has 6 heteroatoms. The molecule has 0 N–H and O–H groups in total. The highest BCUT2D eigenvalue weighted by molar-refractivity contribution is 5.75. The summed E-state index contributed by atoms with van der Waals surface area (Å²) < 4.78 is 10.1. The molecule has 1 aliphatic rings. The van der Waals surface area contributed by atoms with E-state index in [0.29, 0.717) is 32.8 Å². The molecule has 0 bridgehead atoms. The molecule has 0 aliphatic carbocycles. The number of hydrogen-bond donors (Lipinski definition) is 0. The summed E-state index contributed by atoms with van der Waals surface area (Å²) in [5.74, 6) is -0.308. The predicted octanol–water partition coefficient (Wildman–Crippen LogP) is 0.712. The number of urea groups is 1. The van der Waals surface area contributed by atoms with Gasteiger partial charge in [-0.15, -0.1) is 0 Å². The van der Waals surface area contributed by atoms with Crippen molar-refractivity contribution in [1.82, 2.24) is 9.80 Å². The lowest BCUT2D eigenvalue weighted by atomic mass is 10.2. The van der Waals surface area contributed by atoms with Crippen LogP contribution in [0.3, 0.4) is 0 Å². The highest BCUT2D eigenvalue weighted by Gasteiger charge is 2.28. The standard InChI is InChI=1S/C12H22N2O4/c1-4-13(5-2)12(16)14-6-7-18-10(9-14)8-11(15)17-3/h10H,4-9H2,1-3H3. The summed E-state index contributed by atoms with van der Waals surface area (Å²) in [4.78, 5) is 26.8. The van der Waals surface area contributed by atoms with Crippen molar-refractivity contribution in [2.45, 2.75) is 26.4 Å². The van der Waals surface area contributed by atoms with Gasteiger partial charge in [0.1, 0.15) is 0 Å². The average molecular weight is 258 g/mol. The SMILES string of the molecule is CCN(CC)C(=O)N1CCOC(CC(=O)OC)C1. The summed E-state index contributed by atoms with van der Waals surface area (Å²) >= 11 is 0. The first-order chi connectivity index (χ1) is 8.62. The largest absolute Gasteiger partial charge is 0.469 e. The van der Waals surface area contributed by atoms with E-state index in [2.05, 4.69) is 4.74 Å². The smallest absolute Gasteiger partial charge is 0.320 e. The molecule has 0 aromatic heterocycles. The van der Waals surface area contributed by atoms with Crippen molar-refractivity contribution in [3.05, 3.63) is 0 Å². The Balaban J connectivity index is 2.52. The Morgan fingerprint density at radius 1 is 1.39 bits per heavy atom. The van der Waals surface area contributed by atoms with Crippen molar-refractivity contribution in [2.75, 3.05) is 39.9 Å². The number of rotatable bonds is 4. The molecule has 0 saturated carbocycles. The second-order valence-electron chi connectivity index (χ2n) is 4.17. The van der Waals surface area contributed by atoms with Crippen LogP contribution in [0.5, 0.6) is 0 Å². The third-order valence-corrected chi connectivity index (χ3v) is 3.07. The first-order valence-electron chi connectivity index (χ1n) is 6.34. The lowest BCUT2D eigenvalue weighted by molar-refractivity contribution is -0.145. The summed E-state index contributed by atoms with van der Waals surface area (Å²) in [5.41, 5.74) is 0. The van der Waals surface area contributed by atoms with E-state index in [0.717, 1.165) is 0 Å². The predicted molar refractivity (Wildman–Crippen MR) is 66.3 cm³/mol. The van der Waals surface area contributed by atoms with E-state index >= 15 is 0 Å². The molecule has 1 atom stereocenters. The maximum absolute atomic E-state index is 12.1. The van der Waals surface area contributed by atoms with Gasteiger partial charge in [-0.3, -0.25) is 4.79 Å². The van der Waals surface area contributed by atoms with Crippen LogP contribution >= 0.6 is 0 Å². The van der Waals surface area contributed by atoms with Gasteiger partial charge in [-0.2, -0.15) is 0 Å². The molecule has 104 valence electrons.